The van der Waals surface area contributed by atoms with Crippen LogP contribution in [0.3, 0.4) is 0 Å². The third-order valence-electron chi connectivity index (χ3n) is 3.43. The molecule has 2 aromatic carbocycles. The summed E-state index contributed by atoms with van der Waals surface area (Å²) in [6.07, 6.45) is -1.27. The molecule has 4 nitrogen and oxygen atoms in total. The lowest BCUT2D eigenvalue weighted by molar-refractivity contribution is 0.126. The summed E-state index contributed by atoms with van der Waals surface area (Å²) in [4.78, 5) is 12.5. The van der Waals surface area contributed by atoms with E-state index in [9.17, 15) is 9.90 Å². The second-order valence-electron chi connectivity index (χ2n) is 5.15. The van der Waals surface area contributed by atoms with E-state index in [2.05, 4.69) is 5.32 Å². The molecule has 0 saturated carbocycles. The van der Waals surface area contributed by atoms with E-state index in [1.165, 1.54) is 11.3 Å². The zero-order valence-corrected chi connectivity index (χ0v) is 13.3. The molecule has 3 aromatic rings. The summed E-state index contributed by atoms with van der Waals surface area (Å²) >= 11 is 1.53. The smallest absolute Gasteiger partial charge is 0.407 e. The number of ether oxygens (including phenoxy) is 1. The van der Waals surface area contributed by atoms with Gasteiger partial charge in [-0.3, -0.25) is 0 Å². The molecule has 0 fully saturated rings. The first kappa shape index (κ1) is 15.5. The number of nitrogens with one attached hydrogen (secondary N) is 1. The Morgan fingerprint density at radius 1 is 1.13 bits per heavy atom. The number of fused-ring (bicyclic) bond motifs is 1. The summed E-state index contributed by atoms with van der Waals surface area (Å²) in [5, 5.41) is 13.9. The van der Waals surface area contributed by atoms with Gasteiger partial charge in [-0.1, -0.05) is 48.5 Å². The van der Waals surface area contributed by atoms with E-state index in [0.717, 1.165) is 20.5 Å². The lowest BCUT2D eigenvalue weighted by Gasteiger charge is -2.10. The predicted octanol–water partition coefficient (Wildman–Crippen LogP) is 3.86. The van der Waals surface area contributed by atoms with Gasteiger partial charge in [0.15, 0.2) is 0 Å². The molecule has 0 bridgehead atoms. The third-order valence-corrected chi connectivity index (χ3v) is 4.64. The van der Waals surface area contributed by atoms with E-state index in [1.54, 1.807) is 0 Å². The first-order valence-electron chi connectivity index (χ1n) is 7.33. The van der Waals surface area contributed by atoms with Gasteiger partial charge in [-0.15, -0.1) is 11.3 Å². The fourth-order valence-corrected chi connectivity index (χ4v) is 3.27. The Morgan fingerprint density at radius 2 is 1.87 bits per heavy atom. The van der Waals surface area contributed by atoms with Crippen molar-refractivity contribution in [3.05, 3.63) is 71.1 Å². The van der Waals surface area contributed by atoms with E-state index >= 15 is 0 Å². The minimum Gasteiger partial charge on any atom is -0.445 e. The zero-order valence-electron chi connectivity index (χ0n) is 12.4. The number of benzene rings is 2. The highest BCUT2D eigenvalue weighted by atomic mass is 32.1. The summed E-state index contributed by atoms with van der Waals surface area (Å²) in [6.45, 7) is 0.339. The molecule has 1 amide bonds. The Morgan fingerprint density at radius 3 is 2.65 bits per heavy atom. The number of carbonyl (C=O) groups is 1. The SMILES string of the molecule is O=C(NCC(O)c1cc2ccccc2s1)OCc1ccccc1. The lowest BCUT2D eigenvalue weighted by Crippen LogP contribution is -2.28. The molecule has 0 radical (unpaired) electrons. The number of aliphatic hydroxyl groups excluding tert-OH is 1. The largest absolute Gasteiger partial charge is 0.445 e. The van der Waals surface area contributed by atoms with Gasteiger partial charge in [-0.25, -0.2) is 4.79 Å². The van der Waals surface area contributed by atoms with Crippen LogP contribution in [0.1, 0.15) is 16.5 Å². The number of alkyl carbamates (subject to hydrolysis) is 1. The van der Waals surface area contributed by atoms with Crippen LogP contribution in [-0.2, 0) is 11.3 Å². The van der Waals surface area contributed by atoms with Crippen molar-refractivity contribution >= 4 is 27.5 Å². The standard InChI is InChI=1S/C18H17NO3S/c20-15(17-10-14-8-4-5-9-16(14)23-17)11-19-18(21)22-12-13-6-2-1-3-7-13/h1-10,15,20H,11-12H2,(H,19,21). The molecule has 5 heteroatoms. The van der Waals surface area contributed by atoms with E-state index < -0.39 is 12.2 Å². The van der Waals surface area contributed by atoms with Crippen molar-refractivity contribution in [1.82, 2.24) is 5.32 Å². The van der Waals surface area contributed by atoms with Crippen molar-refractivity contribution in [1.29, 1.82) is 0 Å². The van der Waals surface area contributed by atoms with Gasteiger partial charge in [0.05, 0.1) is 6.54 Å². The van der Waals surface area contributed by atoms with Crippen LogP contribution in [0, 0.1) is 0 Å². The average Bonchev–Trinajstić information content (AvgIpc) is 3.03. The average molecular weight is 327 g/mol. The number of carbonyl (C=O) groups excluding carboxylic acids is 1. The first-order chi connectivity index (χ1) is 11.2. The van der Waals surface area contributed by atoms with Crippen LogP contribution in [0.15, 0.2) is 60.7 Å². The summed E-state index contributed by atoms with van der Waals surface area (Å²) in [7, 11) is 0. The van der Waals surface area contributed by atoms with Crippen LogP contribution in [-0.4, -0.2) is 17.7 Å². The van der Waals surface area contributed by atoms with Gasteiger partial charge in [-0.2, -0.15) is 0 Å². The van der Waals surface area contributed by atoms with E-state index in [-0.39, 0.29) is 13.2 Å². The molecule has 23 heavy (non-hydrogen) atoms. The first-order valence-corrected chi connectivity index (χ1v) is 8.15. The van der Waals surface area contributed by atoms with Crippen LogP contribution < -0.4 is 5.32 Å². The summed E-state index contributed by atoms with van der Waals surface area (Å²) in [5.74, 6) is 0. The maximum absolute atomic E-state index is 11.7. The molecule has 1 atom stereocenters. The Balaban J connectivity index is 1.50. The van der Waals surface area contributed by atoms with Crippen molar-refractivity contribution in [2.24, 2.45) is 0 Å². The van der Waals surface area contributed by atoms with Gasteiger partial charge < -0.3 is 15.2 Å². The van der Waals surface area contributed by atoms with Crippen molar-refractivity contribution in [2.75, 3.05) is 6.54 Å². The van der Waals surface area contributed by atoms with E-state index in [0.29, 0.717) is 0 Å². The highest BCUT2D eigenvalue weighted by molar-refractivity contribution is 7.19. The minimum atomic E-state index is -0.739. The van der Waals surface area contributed by atoms with E-state index in [1.807, 2.05) is 60.7 Å². The molecule has 2 N–H and O–H groups in total. The number of thiophene rings is 1. The number of hydrogen-bond acceptors (Lipinski definition) is 4. The monoisotopic (exact) mass is 327 g/mol. The molecule has 118 valence electrons. The second kappa shape index (κ2) is 7.26. The molecule has 0 saturated heterocycles. The van der Waals surface area contributed by atoms with Gasteiger partial charge in [0, 0.05) is 9.58 Å². The minimum absolute atomic E-state index is 0.125. The van der Waals surface area contributed by atoms with Gasteiger partial charge >= 0.3 is 6.09 Å². The number of hydrogen-bond donors (Lipinski definition) is 2. The van der Waals surface area contributed by atoms with Crippen molar-refractivity contribution in [3.63, 3.8) is 0 Å². The van der Waals surface area contributed by atoms with Crippen molar-refractivity contribution in [3.8, 4) is 0 Å². The van der Waals surface area contributed by atoms with Gasteiger partial charge in [0.1, 0.15) is 12.7 Å². The normalized spacial score (nSPS) is 12.0. The van der Waals surface area contributed by atoms with Crippen molar-refractivity contribution in [2.45, 2.75) is 12.7 Å². The van der Waals surface area contributed by atoms with Gasteiger partial charge in [-0.05, 0) is 23.1 Å². The fraction of sp³-hybridized carbons (Fsp3) is 0.167. The molecule has 1 unspecified atom stereocenters. The number of rotatable bonds is 5. The molecule has 0 aliphatic rings. The Labute approximate surface area is 138 Å². The maximum atomic E-state index is 11.7. The van der Waals surface area contributed by atoms with Crippen LogP contribution in [0.4, 0.5) is 4.79 Å². The quantitative estimate of drug-likeness (QED) is 0.748. The van der Waals surface area contributed by atoms with Crippen LogP contribution >= 0.6 is 11.3 Å². The summed E-state index contributed by atoms with van der Waals surface area (Å²) < 4.78 is 6.23. The highest BCUT2D eigenvalue weighted by Gasteiger charge is 2.13. The summed E-state index contributed by atoms with van der Waals surface area (Å²) in [6, 6.07) is 19.4. The fourth-order valence-electron chi connectivity index (χ4n) is 2.22. The molecular weight excluding hydrogens is 310 g/mol. The topological polar surface area (TPSA) is 58.6 Å². The van der Waals surface area contributed by atoms with Crippen molar-refractivity contribution < 1.29 is 14.6 Å². The maximum Gasteiger partial charge on any atom is 0.407 e. The summed E-state index contributed by atoms with van der Waals surface area (Å²) in [5.41, 5.74) is 0.924. The lowest BCUT2D eigenvalue weighted by atomic mass is 10.2. The molecule has 1 heterocycles. The van der Waals surface area contributed by atoms with Crippen LogP contribution in [0.5, 0.6) is 0 Å². The van der Waals surface area contributed by atoms with Gasteiger partial charge in [0.2, 0.25) is 0 Å². The zero-order chi connectivity index (χ0) is 16.1. The number of aliphatic hydroxyl groups is 1. The highest BCUT2D eigenvalue weighted by Crippen LogP contribution is 2.29. The molecule has 0 aliphatic heterocycles. The van der Waals surface area contributed by atoms with Gasteiger partial charge in [0.25, 0.3) is 0 Å². The third kappa shape index (κ3) is 4.09. The second-order valence-corrected chi connectivity index (χ2v) is 6.26. The molecule has 0 spiro atoms. The van der Waals surface area contributed by atoms with Crippen LogP contribution in [0.25, 0.3) is 10.1 Å². The van der Waals surface area contributed by atoms with Crippen LogP contribution in [0.2, 0.25) is 0 Å². The predicted molar refractivity (Wildman–Crippen MR) is 91.4 cm³/mol. The molecule has 3 rings (SSSR count). The Bertz CT molecular complexity index is 752. The molecule has 1 aromatic heterocycles. The molecular formula is C18H17NO3S. The molecule has 0 aliphatic carbocycles. The van der Waals surface area contributed by atoms with E-state index in [4.69, 9.17) is 4.74 Å². The Kier molecular flexibility index (Phi) is 4.90. The number of amides is 1. The Hall–Kier alpha value is -2.37.